The molecule has 2 aromatic carbocycles. The Bertz CT molecular complexity index is 800. The second-order valence-corrected chi connectivity index (χ2v) is 6.02. The van der Waals surface area contributed by atoms with Crippen LogP contribution in [0.4, 0.5) is 17.2 Å². The third kappa shape index (κ3) is 2.09. The van der Waals surface area contributed by atoms with Gasteiger partial charge in [0.2, 0.25) is 0 Å². The van der Waals surface area contributed by atoms with Gasteiger partial charge in [0.15, 0.2) is 6.29 Å². The highest BCUT2D eigenvalue weighted by molar-refractivity contribution is 7.99. The molecular weight excluding hydrogens is 292 g/mol. The fourth-order valence-electron chi connectivity index (χ4n) is 2.55. The van der Waals surface area contributed by atoms with Crippen LogP contribution in [0, 0.1) is 0 Å². The third-order valence-electron chi connectivity index (χ3n) is 3.57. The van der Waals surface area contributed by atoms with Crippen LogP contribution in [0.15, 0.2) is 76.7 Å². The highest BCUT2D eigenvalue weighted by atomic mass is 32.2. The molecule has 0 radical (unpaired) electrons. The highest BCUT2D eigenvalue weighted by Crippen LogP contribution is 2.50. The van der Waals surface area contributed by atoms with Crippen LogP contribution in [0.5, 0.6) is 0 Å². The summed E-state index contributed by atoms with van der Waals surface area (Å²) in [6.07, 6.45) is 2.42. The fraction of sp³-hybridized carbons (Fsp3) is 0. The number of carbonyl (C=O) groups excluding carboxylic acids is 1. The van der Waals surface area contributed by atoms with Crippen LogP contribution >= 0.6 is 11.8 Å². The van der Waals surface area contributed by atoms with Gasteiger partial charge in [-0.15, -0.1) is 0 Å². The summed E-state index contributed by atoms with van der Waals surface area (Å²) in [6, 6.07) is 20.2. The van der Waals surface area contributed by atoms with Gasteiger partial charge < -0.3 is 0 Å². The van der Waals surface area contributed by atoms with Gasteiger partial charge in [0.25, 0.3) is 0 Å². The van der Waals surface area contributed by atoms with Crippen molar-refractivity contribution in [2.45, 2.75) is 9.79 Å². The van der Waals surface area contributed by atoms with Gasteiger partial charge in [-0.05, 0) is 36.4 Å². The quantitative estimate of drug-likeness (QED) is 0.497. The summed E-state index contributed by atoms with van der Waals surface area (Å²) < 4.78 is 0. The van der Waals surface area contributed by atoms with Gasteiger partial charge in [-0.2, -0.15) is 0 Å². The van der Waals surface area contributed by atoms with Gasteiger partial charge in [0, 0.05) is 21.6 Å². The minimum absolute atomic E-state index is 0.580. The molecule has 0 saturated carbocycles. The number of aromatic nitrogens is 1. The number of hydrogen-bond acceptors (Lipinski definition) is 4. The first-order valence-electron chi connectivity index (χ1n) is 6.94. The number of aldehydes is 1. The first kappa shape index (κ1) is 13.1. The van der Waals surface area contributed by atoms with Crippen molar-refractivity contribution in [2.24, 2.45) is 0 Å². The zero-order valence-electron chi connectivity index (χ0n) is 11.6. The van der Waals surface area contributed by atoms with E-state index < -0.39 is 0 Å². The predicted molar refractivity (Wildman–Crippen MR) is 88.4 cm³/mol. The molecule has 2 heterocycles. The van der Waals surface area contributed by atoms with E-state index in [2.05, 4.69) is 34.1 Å². The van der Waals surface area contributed by atoms with E-state index in [-0.39, 0.29) is 0 Å². The van der Waals surface area contributed by atoms with Crippen LogP contribution in [0.25, 0.3) is 0 Å². The van der Waals surface area contributed by atoms with E-state index in [4.69, 9.17) is 0 Å². The molecular formula is C18H12N2OS. The van der Waals surface area contributed by atoms with Crippen LogP contribution < -0.4 is 4.90 Å². The van der Waals surface area contributed by atoms with Gasteiger partial charge in [-0.25, -0.2) is 4.98 Å². The molecule has 0 aliphatic carbocycles. The van der Waals surface area contributed by atoms with Crippen LogP contribution in [0.1, 0.15) is 10.4 Å². The molecule has 0 saturated heterocycles. The van der Waals surface area contributed by atoms with E-state index in [1.807, 2.05) is 30.3 Å². The minimum atomic E-state index is 0.580. The average Bonchev–Trinajstić information content (AvgIpc) is 2.60. The standard InChI is InChI=1S/C18H12N2OS/c21-12-13-9-10-18(19-11-13)20-14-5-1-3-7-16(14)22-17-8-4-2-6-15(17)20/h1-12H. The number of carbonyl (C=O) groups is 1. The number of benzene rings is 2. The molecule has 0 fully saturated rings. The lowest BCUT2D eigenvalue weighted by atomic mass is 10.2. The van der Waals surface area contributed by atoms with E-state index in [9.17, 15) is 4.79 Å². The Labute approximate surface area is 132 Å². The Morgan fingerprint density at radius 2 is 1.50 bits per heavy atom. The molecule has 4 rings (SSSR count). The summed E-state index contributed by atoms with van der Waals surface area (Å²) in [5, 5.41) is 0. The molecule has 0 amide bonds. The van der Waals surface area contributed by atoms with Crippen LogP contribution in [-0.2, 0) is 0 Å². The molecule has 0 unspecified atom stereocenters. The largest absolute Gasteiger partial charge is 0.298 e. The maximum atomic E-state index is 10.8. The first-order valence-corrected chi connectivity index (χ1v) is 7.76. The van der Waals surface area contributed by atoms with Gasteiger partial charge in [0.05, 0.1) is 11.4 Å². The smallest absolute Gasteiger partial charge is 0.151 e. The molecule has 1 aromatic heterocycles. The summed E-state index contributed by atoms with van der Waals surface area (Å²) in [4.78, 5) is 19.8. The summed E-state index contributed by atoms with van der Waals surface area (Å²) >= 11 is 1.76. The van der Waals surface area contributed by atoms with Gasteiger partial charge in [-0.1, -0.05) is 36.0 Å². The van der Waals surface area contributed by atoms with Crippen molar-refractivity contribution < 1.29 is 4.79 Å². The van der Waals surface area contributed by atoms with Crippen molar-refractivity contribution in [1.29, 1.82) is 0 Å². The number of pyridine rings is 1. The molecule has 1 aliphatic rings. The molecule has 0 atom stereocenters. The van der Waals surface area contributed by atoms with Crippen LogP contribution in [0.2, 0.25) is 0 Å². The Morgan fingerprint density at radius 1 is 0.864 bits per heavy atom. The number of nitrogens with zero attached hydrogens (tertiary/aromatic N) is 2. The number of fused-ring (bicyclic) bond motifs is 2. The molecule has 22 heavy (non-hydrogen) atoms. The zero-order chi connectivity index (χ0) is 14.9. The maximum absolute atomic E-state index is 10.8. The lowest BCUT2D eigenvalue weighted by Crippen LogP contribution is -2.15. The first-order chi connectivity index (χ1) is 10.9. The Kier molecular flexibility index (Phi) is 3.16. The van der Waals surface area contributed by atoms with Crippen molar-refractivity contribution in [3.63, 3.8) is 0 Å². The topological polar surface area (TPSA) is 33.2 Å². The lowest BCUT2D eigenvalue weighted by molar-refractivity contribution is 0.112. The van der Waals surface area contributed by atoms with E-state index in [0.29, 0.717) is 5.56 Å². The maximum Gasteiger partial charge on any atom is 0.151 e. The summed E-state index contributed by atoms with van der Waals surface area (Å²) in [7, 11) is 0. The third-order valence-corrected chi connectivity index (χ3v) is 4.70. The van der Waals surface area contributed by atoms with E-state index >= 15 is 0 Å². The van der Waals surface area contributed by atoms with Gasteiger partial charge in [-0.3, -0.25) is 9.69 Å². The average molecular weight is 304 g/mol. The second kappa shape index (κ2) is 5.31. The molecule has 1 aliphatic heterocycles. The molecule has 0 spiro atoms. The number of hydrogen-bond donors (Lipinski definition) is 0. The summed E-state index contributed by atoms with van der Waals surface area (Å²) in [6.45, 7) is 0. The van der Waals surface area contributed by atoms with Gasteiger partial charge in [0.1, 0.15) is 5.82 Å². The normalized spacial score (nSPS) is 12.5. The summed E-state index contributed by atoms with van der Waals surface area (Å²) in [5.41, 5.74) is 2.80. The molecule has 106 valence electrons. The minimum Gasteiger partial charge on any atom is -0.298 e. The van der Waals surface area contributed by atoms with Crippen molar-refractivity contribution >= 4 is 35.2 Å². The molecule has 3 aromatic rings. The Hall–Kier alpha value is -2.59. The summed E-state index contributed by atoms with van der Waals surface area (Å²) in [5.74, 6) is 0.811. The molecule has 4 heteroatoms. The van der Waals surface area contributed by atoms with Crippen molar-refractivity contribution in [2.75, 3.05) is 4.90 Å². The van der Waals surface area contributed by atoms with Gasteiger partial charge >= 0.3 is 0 Å². The van der Waals surface area contributed by atoms with E-state index in [0.717, 1.165) is 23.5 Å². The SMILES string of the molecule is O=Cc1ccc(N2c3ccccc3Sc3ccccc32)nc1. The monoisotopic (exact) mass is 304 g/mol. The number of rotatable bonds is 2. The predicted octanol–water partition coefficient (Wildman–Crippen LogP) is 4.83. The number of anilines is 3. The second-order valence-electron chi connectivity index (χ2n) is 4.94. The van der Waals surface area contributed by atoms with Crippen molar-refractivity contribution in [1.82, 2.24) is 4.98 Å². The Morgan fingerprint density at radius 3 is 2.05 bits per heavy atom. The number of para-hydroxylation sites is 2. The fourth-order valence-corrected chi connectivity index (χ4v) is 3.61. The molecule has 0 N–H and O–H groups in total. The van der Waals surface area contributed by atoms with E-state index in [1.54, 1.807) is 24.0 Å². The van der Waals surface area contributed by atoms with Crippen LogP contribution in [0.3, 0.4) is 0 Å². The zero-order valence-corrected chi connectivity index (χ0v) is 12.5. The highest BCUT2D eigenvalue weighted by Gasteiger charge is 2.24. The van der Waals surface area contributed by atoms with Crippen molar-refractivity contribution in [3.05, 3.63) is 72.4 Å². The van der Waals surface area contributed by atoms with E-state index in [1.165, 1.54) is 9.79 Å². The van der Waals surface area contributed by atoms with Crippen molar-refractivity contribution in [3.8, 4) is 0 Å². The molecule has 3 nitrogen and oxygen atoms in total. The molecule has 0 bridgehead atoms. The lowest BCUT2D eigenvalue weighted by Gasteiger charge is -2.31. The Balaban J connectivity index is 1.92. The van der Waals surface area contributed by atoms with Crippen LogP contribution in [-0.4, -0.2) is 11.3 Å².